The van der Waals surface area contributed by atoms with Gasteiger partial charge >= 0.3 is 0 Å². The Morgan fingerprint density at radius 2 is 1.76 bits per heavy atom. The van der Waals surface area contributed by atoms with Gasteiger partial charge in [-0.25, -0.2) is 0 Å². The SMILES string of the molecule is C1=Cc2c(ccc3ccc4c5ccccc5oc4c23)CC1. The number of rotatable bonds is 0. The number of aryl methyl sites for hydroxylation is 1. The van der Waals surface area contributed by atoms with Crippen LogP contribution < -0.4 is 0 Å². The van der Waals surface area contributed by atoms with E-state index in [0.717, 1.165) is 24.0 Å². The molecule has 0 N–H and O–H groups in total. The first-order valence-corrected chi connectivity index (χ1v) is 7.44. The van der Waals surface area contributed by atoms with Crippen molar-refractivity contribution < 1.29 is 4.42 Å². The number of allylic oxidation sites excluding steroid dienone is 1. The Balaban J connectivity index is 2.06. The minimum absolute atomic E-state index is 0.970. The second-order valence-corrected chi connectivity index (χ2v) is 5.72. The molecule has 1 aliphatic rings. The van der Waals surface area contributed by atoms with Crippen molar-refractivity contribution in [2.45, 2.75) is 12.8 Å². The van der Waals surface area contributed by atoms with Gasteiger partial charge in [0, 0.05) is 16.2 Å². The van der Waals surface area contributed by atoms with Crippen LogP contribution in [0.15, 0.2) is 59.0 Å². The Labute approximate surface area is 122 Å². The maximum atomic E-state index is 6.20. The zero-order valence-electron chi connectivity index (χ0n) is 11.6. The highest BCUT2D eigenvalue weighted by Gasteiger charge is 2.15. The second-order valence-electron chi connectivity index (χ2n) is 5.72. The highest BCUT2D eigenvalue weighted by molar-refractivity contribution is 6.17. The molecular weight excluding hydrogens is 256 g/mol. The van der Waals surface area contributed by atoms with Gasteiger partial charge in [-0.3, -0.25) is 0 Å². The number of furan rings is 1. The van der Waals surface area contributed by atoms with Crippen LogP contribution in [0.4, 0.5) is 0 Å². The van der Waals surface area contributed by atoms with Crippen molar-refractivity contribution in [1.82, 2.24) is 0 Å². The first-order chi connectivity index (χ1) is 10.4. The van der Waals surface area contributed by atoms with Crippen LogP contribution in [-0.4, -0.2) is 0 Å². The van der Waals surface area contributed by atoms with Gasteiger partial charge in [0.1, 0.15) is 11.2 Å². The van der Waals surface area contributed by atoms with Crippen molar-refractivity contribution in [2.24, 2.45) is 0 Å². The minimum atomic E-state index is 0.970. The standard InChI is InChI=1S/C20H14O/c1-2-6-15-13(5-1)9-10-14-11-12-17-16-7-3-4-8-18(16)21-20(17)19(14)15/h2-4,6-12H,1,5H2. The fraction of sp³-hybridized carbons (Fsp3) is 0.100. The molecule has 100 valence electrons. The van der Waals surface area contributed by atoms with Gasteiger partial charge in [-0.15, -0.1) is 0 Å². The summed E-state index contributed by atoms with van der Waals surface area (Å²) in [5, 5.41) is 4.93. The van der Waals surface area contributed by atoms with Crippen molar-refractivity contribution >= 4 is 38.8 Å². The highest BCUT2D eigenvalue weighted by Crippen LogP contribution is 2.37. The van der Waals surface area contributed by atoms with Crippen molar-refractivity contribution in [1.29, 1.82) is 0 Å². The molecule has 0 radical (unpaired) electrons. The monoisotopic (exact) mass is 270 g/mol. The summed E-state index contributed by atoms with van der Waals surface area (Å²) in [5.41, 5.74) is 4.76. The van der Waals surface area contributed by atoms with E-state index >= 15 is 0 Å². The average Bonchev–Trinajstić information content (AvgIpc) is 2.93. The second kappa shape index (κ2) is 3.98. The van der Waals surface area contributed by atoms with Gasteiger partial charge in [0.25, 0.3) is 0 Å². The zero-order valence-corrected chi connectivity index (χ0v) is 11.6. The van der Waals surface area contributed by atoms with Gasteiger partial charge in [0.2, 0.25) is 0 Å². The van der Waals surface area contributed by atoms with Crippen LogP contribution in [0.5, 0.6) is 0 Å². The molecule has 4 aromatic rings. The first-order valence-electron chi connectivity index (χ1n) is 7.44. The number of benzene rings is 3. The Morgan fingerprint density at radius 1 is 0.857 bits per heavy atom. The van der Waals surface area contributed by atoms with Crippen molar-refractivity contribution in [3.05, 3.63) is 65.7 Å². The molecule has 1 heteroatoms. The third kappa shape index (κ3) is 1.46. The van der Waals surface area contributed by atoms with Gasteiger partial charge in [0.15, 0.2) is 0 Å². The molecule has 0 unspecified atom stereocenters. The highest BCUT2D eigenvalue weighted by atomic mass is 16.3. The quantitative estimate of drug-likeness (QED) is 0.399. The van der Waals surface area contributed by atoms with Crippen molar-refractivity contribution in [2.75, 3.05) is 0 Å². The van der Waals surface area contributed by atoms with E-state index in [-0.39, 0.29) is 0 Å². The molecule has 0 fully saturated rings. The topological polar surface area (TPSA) is 13.1 Å². The smallest absolute Gasteiger partial charge is 0.143 e. The summed E-state index contributed by atoms with van der Waals surface area (Å²) < 4.78 is 6.20. The van der Waals surface area contributed by atoms with Gasteiger partial charge in [-0.2, -0.15) is 0 Å². The zero-order chi connectivity index (χ0) is 13.8. The van der Waals surface area contributed by atoms with Crippen LogP contribution in [0.2, 0.25) is 0 Å². The lowest BCUT2D eigenvalue weighted by Gasteiger charge is -2.13. The number of hydrogen-bond donors (Lipinski definition) is 0. The lowest BCUT2D eigenvalue weighted by atomic mass is 9.91. The predicted octanol–water partition coefficient (Wildman–Crippen LogP) is 5.70. The Bertz CT molecular complexity index is 1030. The van der Waals surface area contributed by atoms with E-state index in [0.29, 0.717) is 0 Å². The van der Waals surface area contributed by atoms with Gasteiger partial charge in [0.05, 0.1) is 0 Å². The van der Waals surface area contributed by atoms with E-state index in [4.69, 9.17) is 4.42 Å². The molecule has 1 aliphatic carbocycles. The molecule has 0 aliphatic heterocycles. The summed E-state index contributed by atoms with van der Waals surface area (Å²) in [6.07, 6.45) is 6.78. The molecule has 0 saturated heterocycles. The van der Waals surface area contributed by atoms with E-state index in [2.05, 4.69) is 48.6 Å². The molecule has 0 atom stereocenters. The minimum Gasteiger partial charge on any atom is -0.455 e. The lowest BCUT2D eigenvalue weighted by Crippen LogP contribution is -1.94. The molecule has 3 aromatic carbocycles. The van der Waals surface area contributed by atoms with Gasteiger partial charge in [-0.1, -0.05) is 48.6 Å². The number of hydrogen-bond acceptors (Lipinski definition) is 1. The fourth-order valence-corrected chi connectivity index (χ4v) is 3.51. The Kier molecular flexibility index (Phi) is 2.12. The average molecular weight is 270 g/mol. The third-order valence-corrected chi connectivity index (χ3v) is 4.52. The first kappa shape index (κ1) is 11.2. The number of para-hydroxylation sites is 1. The summed E-state index contributed by atoms with van der Waals surface area (Å²) in [6, 6.07) is 17.2. The number of fused-ring (bicyclic) bond motifs is 7. The van der Waals surface area contributed by atoms with E-state index < -0.39 is 0 Å². The molecule has 21 heavy (non-hydrogen) atoms. The summed E-state index contributed by atoms with van der Waals surface area (Å²) in [6.45, 7) is 0. The molecule has 0 saturated carbocycles. The van der Waals surface area contributed by atoms with Crippen LogP contribution in [-0.2, 0) is 6.42 Å². The molecule has 1 nitrogen and oxygen atoms in total. The normalized spacial score (nSPS) is 14.1. The van der Waals surface area contributed by atoms with Crippen LogP contribution in [0.3, 0.4) is 0 Å². The van der Waals surface area contributed by atoms with Gasteiger partial charge < -0.3 is 4.42 Å². The van der Waals surface area contributed by atoms with Crippen LogP contribution in [0.25, 0.3) is 38.8 Å². The molecule has 0 spiro atoms. The molecule has 5 rings (SSSR count). The summed E-state index contributed by atoms with van der Waals surface area (Å²) in [5.74, 6) is 0. The molecule has 0 amide bonds. The van der Waals surface area contributed by atoms with Crippen molar-refractivity contribution in [3.63, 3.8) is 0 Å². The van der Waals surface area contributed by atoms with Crippen LogP contribution in [0, 0.1) is 0 Å². The van der Waals surface area contributed by atoms with E-state index in [1.807, 2.05) is 12.1 Å². The maximum Gasteiger partial charge on any atom is 0.143 e. The van der Waals surface area contributed by atoms with E-state index in [1.54, 1.807) is 0 Å². The van der Waals surface area contributed by atoms with Gasteiger partial charge in [-0.05, 0) is 41.5 Å². The van der Waals surface area contributed by atoms with Crippen molar-refractivity contribution in [3.8, 4) is 0 Å². The third-order valence-electron chi connectivity index (χ3n) is 4.52. The molecule has 1 aromatic heterocycles. The van der Waals surface area contributed by atoms with E-state index in [9.17, 15) is 0 Å². The predicted molar refractivity (Wildman–Crippen MR) is 88.6 cm³/mol. The molecule has 1 heterocycles. The largest absolute Gasteiger partial charge is 0.455 e. The lowest BCUT2D eigenvalue weighted by molar-refractivity contribution is 0.672. The summed E-state index contributed by atoms with van der Waals surface area (Å²) >= 11 is 0. The van der Waals surface area contributed by atoms with Crippen LogP contribution in [0.1, 0.15) is 17.5 Å². The molecule has 0 bridgehead atoms. The molecular formula is C20H14O. The maximum absolute atomic E-state index is 6.20. The van der Waals surface area contributed by atoms with Crippen LogP contribution >= 0.6 is 0 Å². The fourth-order valence-electron chi connectivity index (χ4n) is 3.51. The summed E-state index contributed by atoms with van der Waals surface area (Å²) in [7, 11) is 0. The van der Waals surface area contributed by atoms with E-state index in [1.165, 1.54) is 32.7 Å². The Morgan fingerprint density at radius 3 is 2.76 bits per heavy atom. The Hall–Kier alpha value is -2.54. The summed E-state index contributed by atoms with van der Waals surface area (Å²) in [4.78, 5) is 0.